The maximum atomic E-state index is 13.3. The lowest BCUT2D eigenvalue weighted by Gasteiger charge is -2.13. The molecule has 0 atom stereocenters. The third kappa shape index (κ3) is 5.10. The molecule has 0 fully saturated rings. The molecule has 0 saturated heterocycles. The fourth-order valence-electron chi connectivity index (χ4n) is 4.54. The number of ether oxygens (including phenoxy) is 3. The quantitative estimate of drug-likeness (QED) is 0.209. The smallest absolute Gasteiger partial charge is 0.339 e. The van der Waals surface area contributed by atoms with Gasteiger partial charge in [0.15, 0.2) is 0 Å². The van der Waals surface area contributed by atoms with Crippen LogP contribution in [0, 0.1) is 6.92 Å². The molecule has 0 unspecified atom stereocenters. The summed E-state index contributed by atoms with van der Waals surface area (Å²) in [6.45, 7) is 5.07. The van der Waals surface area contributed by atoms with Crippen molar-refractivity contribution in [1.29, 1.82) is 0 Å². The molecule has 0 radical (unpaired) electrons. The van der Waals surface area contributed by atoms with E-state index in [1.54, 1.807) is 0 Å². The number of rotatable bonds is 8. The van der Waals surface area contributed by atoms with Crippen LogP contribution >= 0.6 is 0 Å². The van der Waals surface area contributed by atoms with Crippen molar-refractivity contribution >= 4 is 28.5 Å². The number of hydrogen-bond donors (Lipinski definition) is 0. The largest absolute Gasteiger partial charge is 0.494 e. The molecular formula is C31H29NO4. The lowest BCUT2D eigenvalue weighted by Crippen LogP contribution is -2.15. The highest BCUT2D eigenvalue weighted by molar-refractivity contribution is 6.07. The third-order valence-corrected chi connectivity index (χ3v) is 6.28. The second-order valence-corrected chi connectivity index (χ2v) is 8.80. The summed E-state index contributed by atoms with van der Waals surface area (Å²) in [5, 5.41) is 0.824. The predicted octanol–water partition coefficient (Wildman–Crippen LogP) is 6.66. The number of carbonyl (C=O) groups excluding carboxylic acids is 1. The minimum Gasteiger partial charge on any atom is -0.494 e. The average molecular weight is 480 g/mol. The monoisotopic (exact) mass is 479 g/mol. The van der Waals surface area contributed by atoms with Gasteiger partial charge in [-0.15, -0.1) is 0 Å². The highest BCUT2D eigenvalue weighted by Gasteiger charge is 2.27. The fraction of sp³-hybridized carbons (Fsp3) is 0.226. The van der Waals surface area contributed by atoms with Crippen LogP contribution in [0.5, 0.6) is 11.5 Å². The summed E-state index contributed by atoms with van der Waals surface area (Å²) in [5.74, 6) is 1.16. The molecule has 0 amide bonds. The second kappa shape index (κ2) is 10.6. The molecular weight excluding hydrogens is 450 g/mol. The molecule has 0 spiro atoms. The molecule has 0 saturated carbocycles. The predicted molar refractivity (Wildman–Crippen MR) is 143 cm³/mol. The van der Waals surface area contributed by atoms with Crippen LogP contribution in [0.2, 0.25) is 0 Å². The maximum absolute atomic E-state index is 13.3. The van der Waals surface area contributed by atoms with Crippen LogP contribution < -0.4 is 9.47 Å². The van der Waals surface area contributed by atoms with Gasteiger partial charge >= 0.3 is 5.97 Å². The van der Waals surface area contributed by atoms with Crippen molar-refractivity contribution in [3.05, 3.63) is 101 Å². The van der Waals surface area contributed by atoms with Gasteiger partial charge < -0.3 is 14.2 Å². The molecule has 5 rings (SSSR count). The standard InChI is InChI=1S/C31H29NO4/c1-3-34-24-13-15-25(16-14-24)35-18-19-36-31(33)29-26-6-4-5-7-28(26)32-30-23(12-17-27(29)30)20-22-10-8-21(2)9-11-22/h4-11,13-16,20H,3,12,17-19H2,1-2H3. The number of pyridine rings is 1. The van der Waals surface area contributed by atoms with Crippen molar-refractivity contribution in [2.45, 2.75) is 26.7 Å². The zero-order valence-corrected chi connectivity index (χ0v) is 20.6. The Morgan fingerprint density at radius 2 is 1.61 bits per heavy atom. The maximum Gasteiger partial charge on any atom is 0.339 e. The number of allylic oxidation sites excluding steroid dienone is 1. The highest BCUT2D eigenvalue weighted by Crippen LogP contribution is 2.37. The minimum atomic E-state index is -0.336. The van der Waals surface area contributed by atoms with Crippen LogP contribution in [0.4, 0.5) is 0 Å². The van der Waals surface area contributed by atoms with Gasteiger partial charge in [-0.25, -0.2) is 9.78 Å². The van der Waals surface area contributed by atoms with E-state index < -0.39 is 0 Å². The topological polar surface area (TPSA) is 57.7 Å². The van der Waals surface area contributed by atoms with Gasteiger partial charge in [0.1, 0.15) is 24.7 Å². The average Bonchev–Trinajstić information content (AvgIpc) is 3.29. The number of hydrogen-bond acceptors (Lipinski definition) is 5. The lowest BCUT2D eigenvalue weighted by atomic mass is 10.0. The van der Waals surface area contributed by atoms with Crippen molar-refractivity contribution in [1.82, 2.24) is 4.98 Å². The number of carbonyl (C=O) groups is 1. The third-order valence-electron chi connectivity index (χ3n) is 6.28. The fourth-order valence-corrected chi connectivity index (χ4v) is 4.54. The van der Waals surface area contributed by atoms with E-state index in [1.807, 2.05) is 55.5 Å². The Hall–Kier alpha value is -4.12. The Morgan fingerprint density at radius 1 is 0.889 bits per heavy atom. The normalized spacial score (nSPS) is 13.6. The summed E-state index contributed by atoms with van der Waals surface area (Å²) >= 11 is 0. The summed E-state index contributed by atoms with van der Waals surface area (Å²) in [5.41, 5.74) is 6.77. The Labute approximate surface area is 211 Å². The van der Waals surface area contributed by atoms with Gasteiger partial charge in [-0.1, -0.05) is 48.0 Å². The molecule has 1 aliphatic carbocycles. The summed E-state index contributed by atoms with van der Waals surface area (Å²) in [7, 11) is 0. The molecule has 1 aromatic heterocycles. The number of esters is 1. The molecule has 1 heterocycles. The van der Waals surface area contributed by atoms with Crippen molar-refractivity contribution in [2.75, 3.05) is 19.8 Å². The molecule has 3 aromatic carbocycles. The van der Waals surface area contributed by atoms with E-state index in [0.29, 0.717) is 17.9 Å². The molecule has 36 heavy (non-hydrogen) atoms. The first kappa shape index (κ1) is 23.6. The zero-order valence-electron chi connectivity index (χ0n) is 20.6. The van der Waals surface area contributed by atoms with E-state index in [2.05, 4.69) is 37.3 Å². The summed E-state index contributed by atoms with van der Waals surface area (Å²) < 4.78 is 16.9. The van der Waals surface area contributed by atoms with Crippen molar-refractivity contribution in [2.24, 2.45) is 0 Å². The van der Waals surface area contributed by atoms with Crippen LogP contribution in [0.3, 0.4) is 0 Å². The Morgan fingerprint density at radius 3 is 2.36 bits per heavy atom. The van der Waals surface area contributed by atoms with E-state index in [4.69, 9.17) is 19.2 Å². The van der Waals surface area contributed by atoms with Gasteiger partial charge in [-0.2, -0.15) is 0 Å². The van der Waals surface area contributed by atoms with Gasteiger partial charge in [0.05, 0.1) is 23.4 Å². The molecule has 4 aromatic rings. The highest BCUT2D eigenvalue weighted by atomic mass is 16.6. The first-order valence-electron chi connectivity index (χ1n) is 12.3. The summed E-state index contributed by atoms with van der Waals surface area (Å²) in [6, 6.07) is 23.6. The van der Waals surface area contributed by atoms with Crippen molar-refractivity contribution in [3.8, 4) is 11.5 Å². The number of aromatic nitrogens is 1. The summed E-state index contributed by atoms with van der Waals surface area (Å²) in [6.07, 6.45) is 3.78. The van der Waals surface area contributed by atoms with E-state index in [1.165, 1.54) is 5.56 Å². The van der Waals surface area contributed by atoms with Crippen LogP contribution in [0.15, 0.2) is 72.8 Å². The number of fused-ring (bicyclic) bond motifs is 2. The molecule has 5 heteroatoms. The molecule has 182 valence electrons. The second-order valence-electron chi connectivity index (χ2n) is 8.80. The van der Waals surface area contributed by atoms with Gasteiger partial charge in [0, 0.05) is 5.39 Å². The van der Waals surface area contributed by atoms with Crippen LogP contribution in [0.25, 0.3) is 22.6 Å². The Kier molecular flexibility index (Phi) is 6.99. The molecule has 5 nitrogen and oxygen atoms in total. The number of para-hydroxylation sites is 1. The lowest BCUT2D eigenvalue weighted by molar-refractivity contribution is 0.0451. The Bertz CT molecular complexity index is 1410. The van der Waals surface area contributed by atoms with Crippen LogP contribution in [-0.4, -0.2) is 30.8 Å². The molecule has 0 N–H and O–H groups in total. The molecule has 0 bridgehead atoms. The number of nitrogens with zero attached hydrogens (tertiary/aromatic N) is 1. The number of aryl methyl sites for hydroxylation is 1. The van der Waals surface area contributed by atoms with E-state index >= 15 is 0 Å². The van der Waals surface area contributed by atoms with Crippen molar-refractivity contribution < 1.29 is 19.0 Å². The molecule has 1 aliphatic rings. The first-order chi connectivity index (χ1) is 17.6. The van der Waals surface area contributed by atoms with E-state index in [-0.39, 0.29) is 19.2 Å². The van der Waals surface area contributed by atoms with Gasteiger partial charge in [0.2, 0.25) is 0 Å². The van der Waals surface area contributed by atoms with Crippen LogP contribution in [-0.2, 0) is 11.2 Å². The number of benzene rings is 3. The SMILES string of the molecule is CCOc1ccc(OCCOC(=O)c2c3c(nc4ccccc24)C(=Cc2ccc(C)cc2)CC3)cc1. The van der Waals surface area contributed by atoms with Gasteiger partial charge in [0.25, 0.3) is 0 Å². The Balaban J connectivity index is 1.34. The zero-order chi connectivity index (χ0) is 24.9. The van der Waals surface area contributed by atoms with Crippen LogP contribution in [0.1, 0.15) is 46.1 Å². The van der Waals surface area contributed by atoms with Gasteiger partial charge in [-0.05, 0) is 79.8 Å². The van der Waals surface area contributed by atoms with E-state index in [9.17, 15) is 4.79 Å². The first-order valence-corrected chi connectivity index (χ1v) is 12.3. The van der Waals surface area contributed by atoms with Gasteiger partial charge in [-0.3, -0.25) is 0 Å². The summed E-state index contributed by atoms with van der Waals surface area (Å²) in [4.78, 5) is 18.2. The van der Waals surface area contributed by atoms with E-state index in [0.717, 1.165) is 51.9 Å². The minimum absolute atomic E-state index is 0.156. The van der Waals surface area contributed by atoms with Crippen molar-refractivity contribution in [3.63, 3.8) is 0 Å². The molecule has 0 aliphatic heterocycles.